The predicted molar refractivity (Wildman–Crippen MR) is 109 cm³/mol. The molecule has 0 amide bonds. The molecule has 0 aliphatic rings. The van der Waals surface area contributed by atoms with Crippen LogP contribution in [0, 0.1) is 20.8 Å². The van der Waals surface area contributed by atoms with Crippen molar-refractivity contribution in [1.82, 2.24) is 0 Å². The molecule has 0 aromatic heterocycles. The van der Waals surface area contributed by atoms with Crippen molar-refractivity contribution >= 4 is 0 Å². The summed E-state index contributed by atoms with van der Waals surface area (Å²) in [5.74, 6) is 1.76. The van der Waals surface area contributed by atoms with E-state index in [9.17, 15) is 0 Å². The normalized spacial score (nSPS) is 10.7. The molecule has 134 valence electrons. The van der Waals surface area contributed by atoms with Crippen molar-refractivity contribution < 1.29 is 9.47 Å². The number of aryl methyl sites for hydroxylation is 2. The van der Waals surface area contributed by atoms with Crippen LogP contribution in [0.15, 0.2) is 54.6 Å². The van der Waals surface area contributed by atoms with Crippen LogP contribution in [0.1, 0.15) is 23.6 Å². The molecule has 0 atom stereocenters. The fourth-order valence-electron chi connectivity index (χ4n) is 3.39. The minimum absolute atomic E-state index is 0.661. The van der Waals surface area contributed by atoms with Crippen LogP contribution in [0.25, 0.3) is 22.3 Å². The molecule has 3 rings (SSSR count). The molecule has 0 spiro atoms. The Balaban J connectivity index is 2.25. The predicted octanol–water partition coefficient (Wildman–Crippen LogP) is 6.35. The summed E-state index contributed by atoms with van der Waals surface area (Å²) in [4.78, 5) is 0. The maximum atomic E-state index is 5.72. The fraction of sp³-hybridized carbons (Fsp3) is 0.250. The van der Waals surface area contributed by atoms with Crippen molar-refractivity contribution in [2.45, 2.75) is 27.7 Å². The Morgan fingerprint density at radius 2 is 1.31 bits per heavy atom. The second-order valence-electron chi connectivity index (χ2n) is 6.57. The van der Waals surface area contributed by atoms with Crippen LogP contribution in [0.2, 0.25) is 0 Å². The Kier molecular flexibility index (Phi) is 5.32. The van der Waals surface area contributed by atoms with E-state index < -0.39 is 0 Å². The molecule has 2 heteroatoms. The minimum atomic E-state index is 0.661. The zero-order valence-electron chi connectivity index (χ0n) is 16.2. The SMILES string of the molecule is CCOc1ccc(C)c(-c2cc(OC)cc(-c3ccccc3C)c2C)c1. The molecule has 0 saturated carbocycles. The van der Waals surface area contributed by atoms with Gasteiger partial charge < -0.3 is 9.47 Å². The van der Waals surface area contributed by atoms with Crippen LogP contribution in [0.4, 0.5) is 0 Å². The van der Waals surface area contributed by atoms with E-state index >= 15 is 0 Å². The van der Waals surface area contributed by atoms with Gasteiger partial charge in [0.2, 0.25) is 0 Å². The molecule has 2 nitrogen and oxygen atoms in total. The van der Waals surface area contributed by atoms with Crippen molar-refractivity contribution in [3.8, 4) is 33.8 Å². The number of benzene rings is 3. The Hall–Kier alpha value is -2.74. The van der Waals surface area contributed by atoms with Crippen molar-refractivity contribution in [3.05, 3.63) is 71.3 Å². The van der Waals surface area contributed by atoms with Gasteiger partial charge in [0, 0.05) is 0 Å². The van der Waals surface area contributed by atoms with Gasteiger partial charge in [-0.3, -0.25) is 0 Å². The van der Waals surface area contributed by atoms with Gasteiger partial charge in [-0.2, -0.15) is 0 Å². The second kappa shape index (κ2) is 7.65. The Morgan fingerprint density at radius 1 is 0.692 bits per heavy atom. The number of rotatable bonds is 5. The van der Waals surface area contributed by atoms with Gasteiger partial charge >= 0.3 is 0 Å². The second-order valence-corrected chi connectivity index (χ2v) is 6.57. The van der Waals surface area contributed by atoms with E-state index in [0.717, 1.165) is 11.5 Å². The lowest BCUT2D eigenvalue weighted by Crippen LogP contribution is -1.96. The van der Waals surface area contributed by atoms with Crippen molar-refractivity contribution in [1.29, 1.82) is 0 Å². The van der Waals surface area contributed by atoms with Gasteiger partial charge in [-0.05, 0) is 90.9 Å². The van der Waals surface area contributed by atoms with E-state index in [1.807, 2.05) is 13.0 Å². The summed E-state index contributed by atoms with van der Waals surface area (Å²) in [5.41, 5.74) is 8.54. The highest BCUT2D eigenvalue weighted by Gasteiger charge is 2.15. The lowest BCUT2D eigenvalue weighted by Gasteiger charge is -2.18. The van der Waals surface area contributed by atoms with Gasteiger partial charge in [-0.25, -0.2) is 0 Å². The standard InChI is InChI=1S/C24H26O2/c1-6-26-19-12-11-17(3)22(13-19)24-15-20(25-5)14-23(18(24)4)21-10-8-7-9-16(21)2/h7-15H,6H2,1-5H3. The molecule has 0 fully saturated rings. The average molecular weight is 346 g/mol. The summed E-state index contributed by atoms with van der Waals surface area (Å²) in [7, 11) is 1.72. The summed E-state index contributed by atoms with van der Waals surface area (Å²) < 4.78 is 11.3. The largest absolute Gasteiger partial charge is 0.497 e. The van der Waals surface area contributed by atoms with E-state index in [0.29, 0.717) is 6.61 Å². The molecule has 26 heavy (non-hydrogen) atoms. The summed E-state index contributed by atoms with van der Waals surface area (Å²) >= 11 is 0. The lowest BCUT2D eigenvalue weighted by atomic mass is 9.89. The minimum Gasteiger partial charge on any atom is -0.497 e. The first kappa shape index (κ1) is 18.1. The Morgan fingerprint density at radius 3 is 1.96 bits per heavy atom. The zero-order valence-corrected chi connectivity index (χ0v) is 16.2. The molecule has 0 bridgehead atoms. The maximum Gasteiger partial charge on any atom is 0.120 e. The van der Waals surface area contributed by atoms with E-state index in [1.165, 1.54) is 38.9 Å². The topological polar surface area (TPSA) is 18.5 Å². The third kappa shape index (κ3) is 3.45. The fourth-order valence-corrected chi connectivity index (χ4v) is 3.39. The van der Waals surface area contributed by atoms with E-state index in [2.05, 4.69) is 69.3 Å². The van der Waals surface area contributed by atoms with Gasteiger partial charge in [0.15, 0.2) is 0 Å². The van der Waals surface area contributed by atoms with Crippen LogP contribution >= 0.6 is 0 Å². The third-order valence-electron chi connectivity index (χ3n) is 4.86. The molecular weight excluding hydrogens is 320 g/mol. The van der Waals surface area contributed by atoms with Crippen molar-refractivity contribution in [2.75, 3.05) is 13.7 Å². The maximum absolute atomic E-state index is 5.72. The molecule has 0 radical (unpaired) electrons. The Bertz CT molecular complexity index is 925. The Labute approximate surface area is 156 Å². The van der Waals surface area contributed by atoms with E-state index in [4.69, 9.17) is 9.47 Å². The van der Waals surface area contributed by atoms with E-state index in [-0.39, 0.29) is 0 Å². The number of hydrogen-bond donors (Lipinski definition) is 0. The average Bonchev–Trinajstić information content (AvgIpc) is 2.65. The highest BCUT2D eigenvalue weighted by atomic mass is 16.5. The van der Waals surface area contributed by atoms with E-state index in [1.54, 1.807) is 7.11 Å². The smallest absolute Gasteiger partial charge is 0.120 e. The lowest BCUT2D eigenvalue weighted by molar-refractivity contribution is 0.340. The van der Waals surface area contributed by atoms with Crippen LogP contribution < -0.4 is 9.47 Å². The van der Waals surface area contributed by atoms with Crippen molar-refractivity contribution in [3.63, 3.8) is 0 Å². The highest BCUT2D eigenvalue weighted by Crippen LogP contribution is 2.39. The number of ether oxygens (including phenoxy) is 2. The first-order chi connectivity index (χ1) is 12.5. The quantitative estimate of drug-likeness (QED) is 0.535. The monoisotopic (exact) mass is 346 g/mol. The van der Waals surface area contributed by atoms with Gasteiger partial charge in [0.05, 0.1) is 13.7 Å². The summed E-state index contributed by atoms with van der Waals surface area (Å²) in [5, 5.41) is 0. The summed E-state index contributed by atoms with van der Waals surface area (Å²) in [6.45, 7) is 9.14. The number of methoxy groups -OCH3 is 1. The number of hydrogen-bond acceptors (Lipinski definition) is 2. The molecule has 0 aliphatic carbocycles. The first-order valence-electron chi connectivity index (χ1n) is 9.03. The van der Waals surface area contributed by atoms with Gasteiger partial charge in [-0.15, -0.1) is 0 Å². The molecule has 3 aromatic rings. The highest BCUT2D eigenvalue weighted by molar-refractivity contribution is 5.83. The van der Waals surface area contributed by atoms with Gasteiger partial charge in [-0.1, -0.05) is 30.3 Å². The molecule has 0 N–H and O–H groups in total. The summed E-state index contributed by atoms with van der Waals surface area (Å²) in [6.07, 6.45) is 0. The molecule has 0 saturated heterocycles. The summed E-state index contributed by atoms with van der Waals surface area (Å²) in [6, 6.07) is 19.0. The van der Waals surface area contributed by atoms with Crippen molar-refractivity contribution in [2.24, 2.45) is 0 Å². The van der Waals surface area contributed by atoms with Gasteiger partial charge in [0.25, 0.3) is 0 Å². The van der Waals surface area contributed by atoms with Crippen LogP contribution in [-0.4, -0.2) is 13.7 Å². The molecular formula is C24H26O2. The van der Waals surface area contributed by atoms with Crippen LogP contribution in [-0.2, 0) is 0 Å². The molecule has 0 unspecified atom stereocenters. The van der Waals surface area contributed by atoms with Crippen LogP contribution in [0.5, 0.6) is 11.5 Å². The van der Waals surface area contributed by atoms with Gasteiger partial charge in [0.1, 0.15) is 11.5 Å². The molecule has 0 heterocycles. The third-order valence-corrected chi connectivity index (χ3v) is 4.86. The zero-order chi connectivity index (χ0) is 18.7. The first-order valence-corrected chi connectivity index (χ1v) is 9.03. The molecule has 0 aliphatic heterocycles. The molecule has 3 aromatic carbocycles. The van der Waals surface area contributed by atoms with Crippen LogP contribution in [0.3, 0.4) is 0 Å².